The first-order chi connectivity index (χ1) is 13.3. The summed E-state index contributed by atoms with van der Waals surface area (Å²) in [5.41, 5.74) is 5.15. The number of benzene rings is 2. The van der Waals surface area contributed by atoms with Crippen molar-refractivity contribution in [3.05, 3.63) is 80.8 Å². The van der Waals surface area contributed by atoms with E-state index in [9.17, 15) is 0 Å². The Morgan fingerprint density at radius 2 is 0.929 bits per heavy atom. The molecule has 0 aromatic heterocycles. The highest BCUT2D eigenvalue weighted by molar-refractivity contribution is 6.30. The van der Waals surface area contributed by atoms with E-state index in [1.54, 1.807) is 13.8 Å². The second kappa shape index (κ2) is 12.0. The van der Waals surface area contributed by atoms with Gasteiger partial charge in [0.1, 0.15) is 0 Å². The molecule has 6 heteroatoms. The van der Waals surface area contributed by atoms with Crippen molar-refractivity contribution >= 4 is 46.8 Å². The van der Waals surface area contributed by atoms with Gasteiger partial charge < -0.3 is 10.4 Å². The van der Waals surface area contributed by atoms with Crippen LogP contribution in [0.1, 0.15) is 38.8 Å². The first kappa shape index (κ1) is 23.5. The fourth-order valence-corrected chi connectivity index (χ4v) is 2.24. The molecule has 0 unspecified atom stereocenters. The third-order valence-corrected chi connectivity index (χ3v) is 4.45. The minimum atomic E-state index is 0.611. The quantitative estimate of drug-likeness (QED) is 0.313. The van der Waals surface area contributed by atoms with E-state index in [0.29, 0.717) is 21.5 Å². The molecule has 0 saturated heterocycles. The van der Waals surface area contributed by atoms with Crippen molar-refractivity contribution in [3.63, 3.8) is 0 Å². The third-order valence-electron chi connectivity index (χ3n) is 3.95. The van der Waals surface area contributed by atoms with Crippen LogP contribution in [-0.4, -0.2) is 21.8 Å². The molecule has 0 spiro atoms. The van der Waals surface area contributed by atoms with Gasteiger partial charge in [0.2, 0.25) is 0 Å². The molecule has 0 fully saturated rings. The summed E-state index contributed by atoms with van der Waals surface area (Å²) in [7, 11) is 0. The minimum Gasteiger partial charge on any atom is -0.411 e. The Balaban J connectivity index is 0.000000280. The number of oxime groups is 2. The molecule has 0 saturated carbocycles. The molecule has 2 N–H and O–H groups in total. The second-order valence-electron chi connectivity index (χ2n) is 6.13. The van der Waals surface area contributed by atoms with Crippen LogP contribution in [0.25, 0.3) is 12.2 Å². The van der Waals surface area contributed by atoms with Gasteiger partial charge in [-0.3, -0.25) is 0 Å². The largest absolute Gasteiger partial charge is 0.411 e. The standard InChI is InChI=1S/2C11H12ClNO/c2*1-8(9(2)13-14)7-10-3-5-11(12)6-4-10/h2*3-7,14H,1-2H3/b2*8-7+,13-9+. The van der Waals surface area contributed by atoms with E-state index in [1.807, 2.05) is 74.5 Å². The summed E-state index contributed by atoms with van der Waals surface area (Å²) in [6.07, 6.45) is 3.87. The molecular formula is C22H24Cl2N2O2. The first-order valence-electron chi connectivity index (χ1n) is 8.52. The lowest BCUT2D eigenvalue weighted by atomic mass is 10.1. The maximum absolute atomic E-state index is 8.55. The van der Waals surface area contributed by atoms with Gasteiger partial charge in [0.05, 0.1) is 11.4 Å². The van der Waals surface area contributed by atoms with Gasteiger partial charge in [0.15, 0.2) is 0 Å². The summed E-state index contributed by atoms with van der Waals surface area (Å²) in [5, 5.41) is 24.8. The summed E-state index contributed by atoms with van der Waals surface area (Å²) in [5.74, 6) is 0. The minimum absolute atomic E-state index is 0.611. The molecule has 0 bridgehead atoms. The van der Waals surface area contributed by atoms with Crippen molar-refractivity contribution in [2.24, 2.45) is 10.3 Å². The van der Waals surface area contributed by atoms with E-state index in [1.165, 1.54) is 0 Å². The number of halogens is 2. The maximum Gasteiger partial charge on any atom is 0.0794 e. The fourth-order valence-electron chi connectivity index (χ4n) is 1.98. The number of allylic oxidation sites excluding steroid dienone is 2. The highest BCUT2D eigenvalue weighted by Gasteiger charge is 1.96. The Morgan fingerprint density at radius 3 is 1.18 bits per heavy atom. The molecule has 4 nitrogen and oxygen atoms in total. The van der Waals surface area contributed by atoms with Crippen LogP contribution in [0.4, 0.5) is 0 Å². The van der Waals surface area contributed by atoms with Crippen molar-refractivity contribution < 1.29 is 10.4 Å². The number of nitrogens with zero attached hydrogens (tertiary/aromatic N) is 2. The first-order valence-corrected chi connectivity index (χ1v) is 9.28. The zero-order valence-corrected chi connectivity index (χ0v) is 17.8. The number of hydrogen-bond donors (Lipinski definition) is 2. The van der Waals surface area contributed by atoms with E-state index in [4.69, 9.17) is 33.6 Å². The number of hydrogen-bond acceptors (Lipinski definition) is 4. The topological polar surface area (TPSA) is 65.2 Å². The zero-order chi connectivity index (χ0) is 21.1. The molecule has 0 radical (unpaired) electrons. The van der Waals surface area contributed by atoms with E-state index < -0.39 is 0 Å². The van der Waals surface area contributed by atoms with E-state index in [0.717, 1.165) is 22.3 Å². The van der Waals surface area contributed by atoms with Gasteiger partial charge in [-0.05, 0) is 74.2 Å². The molecule has 0 heterocycles. The molecule has 2 aromatic carbocycles. The molecule has 2 aromatic rings. The van der Waals surface area contributed by atoms with Gasteiger partial charge in [0.25, 0.3) is 0 Å². The monoisotopic (exact) mass is 418 g/mol. The SMILES string of the molecule is CC(=C\c1ccc(Cl)cc1)/C(C)=N/O.CC(=C\c1ccc(Cl)cc1)/C(C)=N/O. The number of rotatable bonds is 4. The Hall–Kier alpha value is -2.56. The third kappa shape index (κ3) is 8.42. The summed E-state index contributed by atoms with van der Waals surface area (Å²) in [4.78, 5) is 0. The van der Waals surface area contributed by atoms with E-state index in [-0.39, 0.29) is 0 Å². The summed E-state index contributed by atoms with van der Waals surface area (Å²) < 4.78 is 0. The van der Waals surface area contributed by atoms with Crippen LogP contribution in [0.3, 0.4) is 0 Å². The van der Waals surface area contributed by atoms with Crippen LogP contribution >= 0.6 is 23.2 Å². The molecule has 0 aliphatic heterocycles. The lowest BCUT2D eigenvalue weighted by Crippen LogP contribution is -1.92. The predicted octanol–water partition coefficient (Wildman–Crippen LogP) is 7.19. The smallest absolute Gasteiger partial charge is 0.0794 e. The van der Waals surface area contributed by atoms with Gasteiger partial charge in [-0.2, -0.15) is 0 Å². The van der Waals surface area contributed by atoms with Gasteiger partial charge in [-0.1, -0.05) is 69.9 Å². The summed E-state index contributed by atoms with van der Waals surface area (Å²) >= 11 is 11.5. The van der Waals surface area contributed by atoms with Crippen molar-refractivity contribution in [2.45, 2.75) is 27.7 Å². The zero-order valence-electron chi connectivity index (χ0n) is 16.3. The molecule has 0 atom stereocenters. The normalized spacial score (nSPS) is 13.1. The molecule has 148 valence electrons. The Labute approximate surface area is 176 Å². The molecule has 2 rings (SSSR count). The van der Waals surface area contributed by atoms with Crippen LogP contribution in [0.2, 0.25) is 10.0 Å². The molecule has 0 aliphatic carbocycles. The van der Waals surface area contributed by atoms with Crippen LogP contribution in [-0.2, 0) is 0 Å². The summed E-state index contributed by atoms with van der Waals surface area (Å²) in [6, 6.07) is 15.0. The highest BCUT2D eigenvalue weighted by Crippen LogP contribution is 2.14. The average Bonchev–Trinajstić information content (AvgIpc) is 2.70. The lowest BCUT2D eigenvalue weighted by molar-refractivity contribution is 0.318. The highest BCUT2D eigenvalue weighted by atomic mass is 35.5. The average molecular weight is 419 g/mol. The van der Waals surface area contributed by atoms with Crippen LogP contribution in [0.15, 0.2) is 70.0 Å². The van der Waals surface area contributed by atoms with Crippen molar-refractivity contribution in [3.8, 4) is 0 Å². The van der Waals surface area contributed by atoms with E-state index in [2.05, 4.69) is 10.3 Å². The fraction of sp³-hybridized carbons (Fsp3) is 0.182. The van der Waals surface area contributed by atoms with Crippen molar-refractivity contribution in [1.29, 1.82) is 0 Å². The van der Waals surface area contributed by atoms with Crippen LogP contribution in [0, 0.1) is 0 Å². The van der Waals surface area contributed by atoms with Crippen molar-refractivity contribution in [2.75, 3.05) is 0 Å². The van der Waals surface area contributed by atoms with Gasteiger partial charge in [-0.15, -0.1) is 0 Å². The second-order valence-corrected chi connectivity index (χ2v) is 7.00. The van der Waals surface area contributed by atoms with Gasteiger partial charge in [-0.25, -0.2) is 0 Å². The van der Waals surface area contributed by atoms with Crippen molar-refractivity contribution in [1.82, 2.24) is 0 Å². The van der Waals surface area contributed by atoms with Crippen LogP contribution in [0.5, 0.6) is 0 Å². The molecule has 28 heavy (non-hydrogen) atoms. The predicted molar refractivity (Wildman–Crippen MR) is 120 cm³/mol. The van der Waals surface area contributed by atoms with Gasteiger partial charge >= 0.3 is 0 Å². The Kier molecular flexibility index (Phi) is 10.1. The Morgan fingerprint density at radius 1 is 0.643 bits per heavy atom. The maximum atomic E-state index is 8.55. The van der Waals surface area contributed by atoms with E-state index >= 15 is 0 Å². The Bertz CT molecular complexity index is 806. The molecule has 0 aliphatic rings. The van der Waals surface area contributed by atoms with Gasteiger partial charge in [0, 0.05) is 10.0 Å². The lowest BCUT2D eigenvalue weighted by Gasteiger charge is -1.98. The molecule has 0 amide bonds. The van der Waals surface area contributed by atoms with Crippen LogP contribution < -0.4 is 0 Å². The molecular weight excluding hydrogens is 395 g/mol. The summed E-state index contributed by atoms with van der Waals surface area (Å²) in [6.45, 7) is 7.29.